The third-order valence-corrected chi connectivity index (χ3v) is 3.44. The lowest BCUT2D eigenvalue weighted by atomic mass is 10.1. The van der Waals surface area contributed by atoms with E-state index in [-0.39, 0.29) is 5.78 Å². The number of hydrogen-bond donors (Lipinski definition) is 0. The van der Waals surface area contributed by atoms with Crippen molar-refractivity contribution in [2.24, 2.45) is 0 Å². The first-order chi connectivity index (χ1) is 8.15. The van der Waals surface area contributed by atoms with E-state index in [4.69, 9.17) is 16.3 Å². The van der Waals surface area contributed by atoms with Crippen molar-refractivity contribution in [2.45, 2.75) is 20.3 Å². The third kappa shape index (κ3) is 5.00. The van der Waals surface area contributed by atoms with Crippen LogP contribution in [0.1, 0.15) is 30.6 Å². The summed E-state index contributed by atoms with van der Waals surface area (Å²) in [6, 6.07) is 5.15. The second-order valence-corrected chi connectivity index (χ2v) is 5.43. The normalized spacial score (nSPS) is 10.3. The summed E-state index contributed by atoms with van der Waals surface area (Å²) in [6.07, 6.45) is 0.985. The van der Waals surface area contributed by atoms with Gasteiger partial charge >= 0.3 is 0 Å². The molecule has 94 valence electrons. The number of benzene rings is 1. The number of carbonyl (C=O) groups excluding carboxylic acids is 1. The molecule has 0 aliphatic heterocycles. The molecule has 0 aromatic heterocycles. The maximum Gasteiger partial charge on any atom is 0.163 e. The molecular weight excluding hydrogens is 256 g/mol. The van der Waals surface area contributed by atoms with Gasteiger partial charge in [0.05, 0.1) is 12.2 Å². The number of carbonyl (C=O) groups is 1. The van der Waals surface area contributed by atoms with Crippen LogP contribution in [-0.2, 0) is 0 Å². The van der Waals surface area contributed by atoms with Crippen LogP contribution < -0.4 is 4.74 Å². The first-order valence-electron chi connectivity index (χ1n) is 5.66. The van der Waals surface area contributed by atoms with E-state index in [1.807, 2.05) is 11.8 Å². The summed E-state index contributed by atoms with van der Waals surface area (Å²) in [6.45, 7) is 4.29. The van der Waals surface area contributed by atoms with Gasteiger partial charge in [-0.15, -0.1) is 0 Å². The van der Waals surface area contributed by atoms with Crippen molar-refractivity contribution in [1.29, 1.82) is 0 Å². The Morgan fingerprint density at radius 2 is 2.24 bits per heavy atom. The summed E-state index contributed by atoms with van der Waals surface area (Å²) in [7, 11) is 0. The van der Waals surface area contributed by atoms with E-state index < -0.39 is 0 Å². The zero-order valence-electron chi connectivity index (χ0n) is 10.2. The minimum atomic E-state index is -0.0227. The number of ketones is 1. The van der Waals surface area contributed by atoms with Crippen molar-refractivity contribution in [1.82, 2.24) is 0 Å². The van der Waals surface area contributed by atoms with E-state index in [9.17, 15) is 4.79 Å². The van der Waals surface area contributed by atoms with E-state index >= 15 is 0 Å². The molecule has 4 heteroatoms. The van der Waals surface area contributed by atoms with Gasteiger partial charge in [-0.3, -0.25) is 4.79 Å². The predicted molar refractivity (Wildman–Crippen MR) is 74.6 cm³/mol. The topological polar surface area (TPSA) is 26.3 Å². The fourth-order valence-corrected chi connectivity index (χ4v) is 2.17. The lowest BCUT2D eigenvalue weighted by Gasteiger charge is -2.09. The molecule has 0 N–H and O–H groups in total. The van der Waals surface area contributed by atoms with Crippen LogP contribution in [0, 0.1) is 0 Å². The second-order valence-electron chi connectivity index (χ2n) is 3.60. The SMILES string of the molecule is CCSCCCOc1ccc(Cl)cc1C(C)=O. The molecule has 0 heterocycles. The average molecular weight is 273 g/mol. The van der Waals surface area contributed by atoms with Gasteiger partial charge in [0.25, 0.3) is 0 Å². The molecule has 0 atom stereocenters. The van der Waals surface area contributed by atoms with Crippen LogP contribution in [0.25, 0.3) is 0 Å². The van der Waals surface area contributed by atoms with E-state index in [0.717, 1.165) is 17.9 Å². The molecule has 1 aromatic rings. The van der Waals surface area contributed by atoms with Gasteiger partial charge in [0.1, 0.15) is 5.75 Å². The predicted octanol–water partition coefficient (Wildman–Crippen LogP) is 4.06. The van der Waals surface area contributed by atoms with Crippen LogP contribution in [0.2, 0.25) is 5.02 Å². The van der Waals surface area contributed by atoms with Crippen LogP contribution in [0.4, 0.5) is 0 Å². The Bertz CT molecular complexity index is 380. The lowest BCUT2D eigenvalue weighted by molar-refractivity contribution is 0.101. The Labute approximate surface area is 112 Å². The highest BCUT2D eigenvalue weighted by atomic mass is 35.5. The van der Waals surface area contributed by atoms with Gasteiger partial charge < -0.3 is 4.74 Å². The maximum atomic E-state index is 11.4. The summed E-state index contributed by atoms with van der Waals surface area (Å²) in [5, 5.41) is 0.559. The molecule has 0 fully saturated rings. The minimum absolute atomic E-state index is 0.0227. The highest BCUT2D eigenvalue weighted by molar-refractivity contribution is 7.99. The largest absolute Gasteiger partial charge is 0.493 e. The smallest absolute Gasteiger partial charge is 0.163 e. The van der Waals surface area contributed by atoms with Crippen molar-refractivity contribution in [3.8, 4) is 5.75 Å². The molecule has 0 unspecified atom stereocenters. The fraction of sp³-hybridized carbons (Fsp3) is 0.462. The molecule has 0 radical (unpaired) electrons. The molecule has 0 spiro atoms. The molecule has 0 amide bonds. The molecule has 0 aliphatic rings. The van der Waals surface area contributed by atoms with E-state index in [1.165, 1.54) is 6.92 Å². The van der Waals surface area contributed by atoms with Crippen molar-refractivity contribution in [3.63, 3.8) is 0 Å². The number of rotatable bonds is 7. The van der Waals surface area contributed by atoms with Gasteiger partial charge in [-0.25, -0.2) is 0 Å². The summed E-state index contributed by atoms with van der Waals surface area (Å²) < 4.78 is 5.61. The van der Waals surface area contributed by atoms with Crippen LogP contribution in [0.15, 0.2) is 18.2 Å². The molecule has 2 nitrogen and oxygen atoms in total. The number of ether oxygens (including phenoxy) is 1. The van der Waals surface area contributed by atoms with Crippen molar-refractivity contribution < 1.29 is 9.53 Å². The van der Waals surface area contributed by atoms with Gasteiger partial charge in [-0.2, -0.15) is 11.8 Å². The molecule has 1 rings (SSSR count). The molecule has 0 saturated carbocycles. The van der Waals surface area contributed by atoms with Crippen molar-refractivity contribution in [3.05, 3.63) is 28.8 Å². The van der Waals surface area contributed by atoms with Gasteiger partial charge in [0.2, 0.25) is 0 Å². The first-order valence-corrected chi connectivity index (χ1v) is 7.19. The van der Waals surface area contributed by atoms with Crippen LogP contribution in [0.5, 0.6) is 5.75 Å². The summed E-state index contributed by atoms with van der Waals surface area (Å²) >= 11 is 7.74. The van der Waals surface area contributed by atoms with E-state index in [2.05, 4.69) is 6.92 Å². The average Bonchev–Trinajstić information content (AvgIpc) is 2.30. The number of halogens is 1. The first kappa shape index (κ1) is 14.4. The Hall–Kier alpha value is -0.670. The fourth-order valence-electron chi connectivity index (χ4n) is 1.39. The summed E-state index contributed by atoms with van der Waals surface area (Å²) in [5.74, 6) is 2.81. The Kier molecular flexibility index (Phi) is 6.45. The van der Waals surface area contributed by atoms with Gasteiger partial charge in [-0.05, 0) is 43.0 Å². The van der Waals surface area contributed by atoms with Crippen LogP contribution >= 0.6 is 23.4 Å². The molecule has 0 bridgehead atoms. The van der Waals surface area contributed by atoms with Crippen LogP contribution in [-0.4, -0.2) is 23.9 Å². The number of Topliss-reactive ketones (excluding diaryl/α,β-unsaturated/α-hetero) is 1. The Balaban J connectivity index is 2.55. The highest BCUT2D eigenvalue weighted by Gasteiger charge is 2.08. The number of thioether (sulfide) groups is 1. The Morgan fingerprint density at radius 3 is 2.88 bits per heavy atom. The molecule has 0 aliphatic carbocycles. The van der Waals surface area contributed by atoms with E-state index in [1.54, 1.807) is 18.2 Å². The monoisotopic (exact) mass is 272 g/mol. The van der Waals surface area contributed by atoms with Crippen molar-refractivity contribution in [2.75, 3.05) is 18.1 Å². The zero-order chi connectivity index (χ0) is 12.7. The van der Waals surface area contributed by atoms with E-state index in [0.29, 0.717) is 22.9 Å². The van der Waals surface area contributed by atoms with Crippen molar-refractivity contribution >= 4 is 29.1 Å². The summed E-state index contributed by atoms with van der Waals surface area (Å²) in [5.41, 5.74) is 0.556. The quantitative estimate of drug-likeness (QED) is 0.553. The highest BCUT2D eigenvalue weighted by Crippen LogP contribution is 2.23. The minimum Gasteiger partial charge on any atom is -0.493 e. The molecular formula is C13H17ClO2S. The zero-order valence-corrected chi connectivity index (χ0v) is 11.7. The van der Waals surface area contributed by atoms with Gasteiger partial charge in [-0.1, -0.05) is 18.5 Å². The lowest BCUT2D eigenvalue weighted by Crippen LogP contribution is -2.03. The van der Waals surface area contributed by atoms with Gasteiger partial charge in [0.15, 0.2) is 5.78 Å². The van der Waals surface area contributed by atoms with Gasteiger partial charge in [0, 0.05) is 5.02 Å². The summed E-state index contributed by atoms with van der Waals surface area (Å²) in [4.78, 5) is 11.4. The molecule has 0 saturated heterocycles. The molecule has 1 aromatic carbocycles. The Morgan fingerprint density at radius 1 is 1.47 bits per heavy atom. The second kappa shape index (κ2) is 7.62. The maximum absolute atomic E-state index is 11.4. The number of hydrogen-bond acceptors (Lipinski definition) is 3. The van der Waals surface area contributed by atoms with Crippen LogP contribution in [0.3, 0.4) is 0 Å². The standard InChI is InChI=1S/C13H17ClO2S/c1-3-17-8-4-7-16-13-6-5-11(14)9-12(13)10(2)15/h5-6,9H,3-4,7-8H2,1-2H3. The third-order valence-electron chi connectivity index (χ3n) is 2.22. The molecule has 17 heavy (non-hydrogen) atoms.